The molecule has 0 aromatic carbocycles. The summed E-state index contributed by atoms with van der Waals surface area (Å²) in [5.74, 6) is 0.711. The molecule has 1 rings (SSSR count). The van der Waals surface area contributed by atoms with Gasteiger partial charge in [-0.2, -0.15) is 0 Å². The van der Waals surface area contributed by atoms with Crippen LogP contribution in [0.4, 0.5) is 0 Å². The van der Waals surface area contributed by atoms with Crippen molar-refractivity contribution in [2.24, 2.45) is 0 Å². The van der Waals surface area contributed by atoms with Crippen LogP contribution in [0, 0.1) is 0 Å². The summed E-state index contributed by atoms with van der Waals surface area (Å²) in [7, 11) is 0. The van der Waals surface area contributed by atoms with E-state index in [9.17, 15) is 0 Å². The van der Waals surface area contributed by atoms with Crippen LogP contribution in [0.5, 0.6) is 0 Å². The fourth-order valence-corrected chi connectivity index (χ4v) is 1.27. The van der Waals surface area contributed by atoms with Gasteiger partial charge in [-0.1, -0.05) is 0 Å². The first-order chi connectivity index (χ1) is 6.75. The summed E-state index contributed by atoms with van der Waals surface area (Å²) in [6, 6.07) is 0. The highest BCUT2D eigenvalue weighted by atomic mass is 35.5. The van der Waals surface area contributed by atoms with Crippen molar-refractivity contribution in [3.8, 4) is 0 Å². The minimum Gasteiger partial charge on any atom is -0.382 e. The summed E-state index contributed by atoms with van der Waals surface area (Å²) < 4.78 is 6.94. The van der Waals surface area contributed by atoms with Crippen molar-refractivity contribution in [2.75, 3.05) is 13.2 Å². The van der Waals surface area contributed by atoms with Gasteiger partial charge in [-0.15, -0.1) is 16.7 Å². The fraction of sp³-hybridized carbons (Fsp3) is 0.875. The molecule has 0 N–H and O–H groups in total. The number of ether oxygens (including phenoxy) is 1. The number of rotatable bonds is 6. The van der Waals surface area contributed by atoms with Crippen LogP contribution in [-0.4, -0.2) is 33.4 Å². The Kier molecular flexibility index (Phi) is 4.82. The average molecular weight is 219 g/mol. The Labute approximate surface area is 88.4 Å². The van der Waals surface area contributed by atoms with Crippen molar-refractivity contribution >= 4 is 11.6 Å². The molecule has 0 amide bonds. The number of hydrogen-bond donors (Lipinski definition) is 0. The molecule has 1 atom stereocenters. The van der Waals surface area contributed by atoms with E-state index in [0.717, 1.165) is 26.2 Å². The molecule has 0 aliphatic heterocycles. The first-order valence-corrected chi connectivity index (χ1v) is 5.17. The fourth-order valence-electron chi connectivity index (χ4n) is 1.12. The van der Waals surface area contributed by atoms with E-state index in [1.54, 1.807) is 4.68 Å². The zero-order valence-corrected chi connectivity index (χ0v) is 9.24. The molecule has 80 valence electrons. The SMILES string of the molecule is CCOCCCn1nnnc1C(C)Cl. The van der Waals surface area contributed by atoms with Crippen molar-refractivity contribution in [1.82, 2.24) is 20.2 Å². The van der Waals surface area contributed by atoms with E-state index in [2.05, 4.69) is 15.5 Å². The van der Waals surface area contributed by atoms with E-state index < -0.39 is 0 Å². The molecule has 0 radical (unpaired) electrons. The molecule has 14 heavy (non-hydrogen) atoms. The highest BCUT2D eigenvalue weighted by Crippen LogP contribution is 2.15. The average Bonchev–Trinajstić information content (AvgIpc) is 2.60. The zero-order valence-electron chi connectivity index (χ0n) is 8.48. The zero-order chi connectivity index (χ0) is 10.4. The third-order valence-electron chi connectivity index (χ3n) is 1.78. The van der Waals surface area contributed by atoms with Gasteiger partial charge in [-0.3, -0.25) is 0 Å². The first kappa shape index (κ1) is 11.4. The molecule has 5 nitrogen and oxygen atoms in total. The minimum atomic E-state index is -0.155. The lowest BCUT2D eigenvalue weighted by Crippen LogP contribution is -2.08. The van der Waals surface area contributed by atoms with E-state index >= 15 is 0 Å². The molecule has 0 aliphatic rings. The van der Waals surface area contributed by atoms with Gasteiger partial charge in [-0.25, -0.2) is 4.68 Å². The third-order valence-corrected chi connectivity index (χ3v) is 1.97. The van der Waals surface area contributed by atoms with Gasteiger partial charge >= 0.3 is 0 Å². The number of tetrazole rings is 1. The van der Waals surface area contributed by atoms with Gasteiger partial charge in [0.1, 0.15) is 0 Å². The predicted octanol–water partition coefficient (Wildman–Crippen LogP) is 1.40. The Hall–Kier alpha value is -0.680. The Balaban J connectivity index is 2.38. The van der Waals surface area contributed by atoms with Crippen molar-refractivity contribution in [2.45, 2.75) is 32.2 Å². The summed E-state index contributed by atoms with van der Waals surface area (Å²) in [5.41, 5.74) is 0. The van der Waals surface area contributed by atoms with Gasteiger partial charge in [0, 0.05) is 19.8 Å². The van der Waals surface area contributed by atoms with Gasteiger partial charge in [0.2, 0.25) is 0 Å². The molecular weight excluding hydrogens is 204 g/mol. The molecule has 1 unspecified atom stereocenters. The number of aromatic nitrogens is 4. The van der Waals surface area contributed by atoms with Gasteiger partial charge in [-0.05, 0) is 30.7 Å². The molecule has 0 aliphatic carbocycles. The minimum absolute atomic E-state index is 0.155. The second kappa shape index (κ2) is 5.93. The van der Waals surface area contributed by atoms with Crippen molar-refractivity contribution in [3.05, 3.63) is 5.82 Å². The maximum atomic E-state index is 5.90. The molecule has 0 bridgehead atoms. The van der Waals surface area contributed by atoms with Crippen molar-refractivity contribution in [3.63, 3.8) is 0 Å². The number of halogens is 1. The Morgan fingerprint density at radius 3 is 3.00 bits per heavy atom. The molecule has 0 saturated carbocycles. The standard InChI is InChI=1S/C8H15ClN4O/c1-3-14-6-4-5-13-8(7(2)9)10-11-12-13/h7H,3-6H2,1-2H3. The molecule has 1 aromatic heterocycles. The second-order valence-corrected chi connectivity index (χ2v) is 3.58. The lowest BCUT2D eigenvalue weighted by molar-refractivity contribution is 0.140. The van der Waals surface area contributed by atoms with E-state index in [4.69, 9.17) is 16.3 Å². The number of nitrogens with zero attached hydrogens (tertiary/aromatic N) is 4. The topological polar surface area (TPSA) is 52.8 Å². The van der Waals surface area contributed by atoms with Gasteiger partial charge in [0.25, 0.3) is 0 Å². The lowest BCUT2D eigenvalue weighted by atomic mass is 10.4. The Morgan fingerprint density at radius 2 is 2.36 bits per heavy atom. The van der Waals surface area contributed by atoms with Crippen LogP contribution in [0.15, 0.2) is 0 Å². The maximum absolute atomic E-state index is 5.90. The maximum Gasteiger partial charge on any atom is 0.168 e. The van der Waals surface area contributed by atoms with E-state index in [0.29, 0.717) is 5.82 Å². The molecule has 0 saturated heterocycles. The Morgan fingerprint density at radius 1 is 1.57 bits per heavy atom. The highest BCUT2D eigenvalue weighted by Gasteiger charge is 2.10. The van der Waals surface area contributed by atoms with Crippen LogP contribution in [0.25, 0.3) is 0 Å². The van der Waals surface area contributed by atoms with Gasteiger partial charge < -0.3 is 4.74 Å². The number of alkyl halides is 1. The van der Waals surface area contributed by atoms with Crippen LogP contribution in [-0.2, 0) is 11.3 Å². The molecule has 0 fully saturated rings. The summed E-state index contributed by atoms with van der Waals surface area (Å²) in [5, 5.41) is 11.1. The smallest absolute Gasteiger partial charge is 0.168 e. The normalized spacial score (nSPS) is 13.1. The van der Waals surface area contributed by atoms with E-state index in [-0.39, 0.29) is 5.38 Å². The second-order valence-electron chi connectivity index (χ2n) is 2.93. The monoisotopic (exact) mass is 218 g/mol. The molecule has 6 heteroatoms. The van der Waals surface area contributed by atoms with Crippen LogP contribution < -0.4 is 0 Å². The van der Waals surface area contributed by atoms with E-state index in [1.807, 2.05) is 13.8 Å². The van der Waals surface area contributed by atoms with Gasteiger partial charge in [0.15, 0.2) is 5.82 Å². The molecule has 0 spiro atoms. The third kappa shape index (κ3) is 3.23. The summed E-state index contributed by atoms with van der Waals surface area (Å²) in [6.45, 7) is 6.05. The van der Waals surface area contributed by atoms with Crippen LogP contribution in [0.3, 0.4) is 0 Å². The quantitative estimate of drug-likeness (QED) is 0.535. The van der Waals surface area contributed by atoms with Crippen LogP contribution >= 0.6 is 11.6 Å². The van der Waals surface area contributed by atoms with Gasteiger partial charge in [0.05, 0.1) is 5.38 Å². The molecular formula is C8H15ClN4O. The summed E-state index contributed by atoms with van der Waals surface area (Å²) in [6.07, 6.45) is 0.898. The largest absolute Gasteiger partial charge is 0.382 e. The van der Waals surface area contributed by atoms with Crippen LogP contribution in [0.1, 0.15) is 31.5 Å². The summed E-state index contributed by atoms with van der Waals surface area (Å²) >= 11 is 5.90. The van der Waals surface area contributed by atoms with Crippen molar-refractivity contribution in [1.29, 1.82) is 0 Å². The van der Waals surface area contributed by atoms with Crippen molar-refractivity contribution < 1.29 is 4.74 Å². The lowest BCUT2D eigenvalue weighted by Gasteiger charge is -2.05. The summed E-state index contributed by atoms with van der Waals surface area (Å²) in [4.78, 5) is 0. The number of hydrogen-bond acceptors (Lipinski definition) is 4. The molecule has 1 heterocycles. The number of aryl methyl sites for hydroxylation is 1. The molecule has 1 aromatic rings. The first-order valence-electron chi connectivity index (χ1n) is 4.73. The van der Waals surface area contributed by atoms with E-state index in [1.165, 1.54) is 0 Å². The highest BCUT2D eigenvalue weighted by molar-refractivity contribution is 6.20. The Bertz CT molecular complexity index is 264. The predicted molar refractivity (Wildman–Crippen MR) is 53.2 cm³/mol. The van der Waals surface area contributed by atoms with Crippen LogP contribution in [0.2, 0.25) is 0 Å².